The van der Waals surface area contributed by atoms with Crippen molar-refractivity contribution in [1.82, 2.24) is 9.62 Å². The fourth-order valence-electron chi connectivity index (χ4n) is 3.13. The van der Waals surface area contributed by atoms with Crippen LogP contribution < -0.4 is 4.72 Å². The number of rotatable bonds is 7. The molecule has 7 heteroatoms. The molecule has 1 aliphatic rings. The van der Waals surface area contributed by atoms with Crippen molar-refractivity contribution in [2.45, 2.75) is 31.7 Å². The summed E-state index contributed by atoms with van der Waals surface area (Å²) in [5, 5.41) is 0.768. The van der Waals surface area contributed by atoms with Crippen molar-refractivity contribution >= 4 is 33.2 Å². The highest BCUT2D eigenvalue weighted by Gasteiger charge is 2.14. The zero-order chi connectivity index (χ0) is 18.6. The lowest BCUT2D eigenvalue weighted by atomic mass is 10.1. The summed E-state index contributed by atoms with van der Waals surface area (Å²) >= 11 is 11.8. The topological polar surface area (TPSA) is 49.4 Å². The van der Waals surface area contributed by atoms with Gasteiger partial charge in [-0.05, 0) is 54.8 Å². The van der Waals surface area contributed by atoms with E-state index in [0.29, 0.717) is 15.6 Å². The predicted molar refractivity (Wildman–Crippen MR) is 107 cm³/mol. The maximum atomic E-state index is 12.3. The summed E-state index contributed by atoms with van der Waals surface area (Å²) < 4.78 is 27.3. The third kappa shape index (κ3) is 5.69. The first-order valence-electron chi connectivity index (χ1n) is 8.63. The van der Waals surface area contributed by atoms with Crippen LogP contribution in [0.25, 0.3) is 0 Å². The molecule has 0 bridgehead atoms. The Kier molecular flexibility index (Phi) is 6.59. The van der Waals surface area contributed by atoms with Gasteiger partial charge in [-0.3, -0.25) is 4.90 Å². The average Bonchev–Trinajstić information content (AvgIpc) is 3.10. The van der Waals surface area contributed by atoms with Crippen LogP contribution in [0.15, 0.2) is 42.5 Å². The van der Waals surface area contributed by atoms with Gasteiger partial charge in [0.1, 0.15) is 0 Å². The van der Waals surface area contributed by atoms with E-state index >= 15 is 0 Å². The number of halogens is 2. The molecular formula is C19H22Cl2N2O2S. The third-order valence-electron chi connectivity index (χ3n) is 4.43. The fourth-order valence-corrected chi connectivity index (χ4v) is 4.56. The Hall–Kier alpha value is -1.11. The van der Waals surface area contributed by atoms with Crippen LogP contribution in [0.1, 0.15) is 29.5 Å². The summed E-state index contributed by atoms with van der Waals surface area (Å²) in [6.45, 7) is 3.47. The van der Waals surface area contributed by atoms with E-state index in [4.69, 9.17) is 23.2 Å². The van der Waals surface area contributed by atoms with Crippen LogP contribution in [-0.4, -0.2) is 26.4 Å². The number of likely N-dealkylation sites (tertiary alicyclic amines) is 1. The molecule has 1 heterocycles. The third-order valence-corrected chi connectivity index (χ3v) is 6.47. The first kappa shape index (κ1) is 19.6. The summed E-state index contributed by atoms with van der Waals surface area (Å²) in [5.74, 6) is -0.128. The summed E-state index contributed by atoms with van der Waals surface area (Å²) in [6, 6.07) is 12.9. The molecule has 1 N–H and O–H groups in total. The second-order valence-electron chi connectivity index (χ2n) is 6.63. The van der Waals surface area contributed by atoms with Crippen molar-refractivity contribution in [3.63, 3.8) is 0 Å². The highest BCUT2D eigenvalue weighted by molar-refractivity contribution is 7.88. The van der Waals surface area contributed by atoms with Gasteiger partial charge in [0.05, 0.1) is 15.8 Å². The SMILES string of the molecule is O=S(=O)(Cc1ccc(Cl)c(Cl)c1)NCc1cccc(CN2CCCC2)c1. The van der Waals surface area contributed by atoms with Gasteiger partial charge in [-0.25, -0.2) is 13.1 Å². The molecule has 2 aromatic rings. The molecular weight excluding hydrogens is 391 g/mol. The Labute approximate surface area is 165 Å². The Morgan fingerprint density at radius 1 is 0.923 bits per heavy atom. The molecule has 2 aromatic carbocycles. The Morgan fingerprint density at radius 3 is 2.38 bits per heavy atom. The van der Waals surface area contributed by atoms with Crippen LogP contribution in [0, 0.1) is 0 Å². The van der Waals surface area contributed by atoms with Crippen LogP contribution in [-0.2, 0) is 28.9 Å². The van der Waals surface area contributed by atoms with Crippen LogP contribution in [0.3, 0.4) is 0 Å². The molecule has 1 fully saturated rings. The number of benzene rings is 2. The lowest BCUT2D eigenvalue weighted by Gasteiger charge is -2.15. The summed E-state index contributed by atoms with van der Waals surface area (Å²) in [7, 11) is -3.46. The summed E-state index contributed by atoms with van der Waals surface area (Å²) in [5.41, 5.74) is 2.78. The standard InChI is InChI=1S/C19H22Cl2N2O2S/c20-18-7-6-17(11-19(18)21)14-26(24,25)22-12-15-4-3-5-16(10-15)13-23-8-1-2-9-23/h3-7,10-11,22H,1-2,8-9,12-14H2. The van der Waals surface area contributed by atoms with E-state index in [1.165, 1.54) is 18.4 Å². The molecule has 4 nitrogen and oxygen atoms in total. The zero-order valence-electron chi connectivity index (χ0n) is 14.4. The Bertz CT molecular complexity index is 866. The first-order valence-corrected chi connectivity index (χ1v) is 11.0. The van der Waals surface area contributed by atoms with Crippen LogP contribution >= 0.6 is 23.2 Å². The van der Waals surface area contributed by atoms with Gasteiger partial charge in [-0.15, -0.1) is 0 Å². The lowest BCUT2D eigenvalue weighted by molar-refractivity contribution is 0.331. The van der Waals surface area contributed by atoms with Crippen molar-refractivity contribution in [1.29, 1.82) is 0 Å². The minimum Gasteiger partial charge on any atom is -0.299 e. The fraction of sp³-hybridized carbons (Fsp3) is 0.368. The average molecular weight is 413 g/mol. The number of nitrogens with zero attached hydrogens (tertiary/aromatic N) is 1. The zero-order valence-corrected chi connectivity index (χ0v) is 16.7. The molecule has 26 heavy (non-hydrogen) atoms. The molecule has 0 aromatic heterocycles. The quantitative estimate of drug-likeness (QED) is 0.740. The largest absolute Gasteiger partial charge is 0.299 e. The molecule has 0 amide bonds. The Morgan fingerprint density at radius 2 is 1.65 bits per heavy atom. The van der Waals surface area contributed by atoms with Crippen molar-refractivity contribution in [2.75, 3.05) is 13.1 Å². The van der Waals surface area contributed by atoms with Gasteiger partial charge in [0, 0.05) is 13.1 Å². The van der Waals surface area contributed by atoms with Gasteiger partial charge < -0.3 is 0 Å². The minimum atomic E-state index is -3.46. The molecule has 140 valence electrons. The van der Waals surface area contributed by atoms with Crippen LogP contribution in [0.2, 0.25) is 10.0 Å². The monoisotopic (exact) mass is 412 g/mol. The van der Waals surface area contributed by atoms with Gasteiger partial charge in [-0.1, -0.05) is 53.5 Å². The van der Waals surface area contributed by atoms with E-state index in [1.807, 2.05) is 12.1 Å². The second kappa shape index (κ2) is 8.72. The number of nitrogens with one attached hydrogen (secondary N) is 1. The van der Waals surface area contributed by atoms with Gasteiger partial charge in [0.25, 0.3) is 0 Å². The molecule has 0 spiro atoms. The normalized spacial score (nSPS) is 15.5. The molecule has 1 aliphatic heterocycles. The van der Waals surface area contributed by atoms with Gasteiger partial charge in [-0.2, -0.15) is 0 Å². The molecule has 1 saturated heterocycles. The predicted octanol–water partition coefficient (Wildman–Crippen LogP) is 4.21. The molecule has 0 aliphatic carbocycles. The van der Waals surface area contributed by atoms with Crippen molar-refractivity contribution in [3.05, 3.63) is 69.2 Å². The summed E-state index contributed by atoms with van der Waals surface area (Å²) in [4.78, 5) is 2.42. The van der Waals surface area contributed by atoms with E-state index < -0.39 is 10.0 Å². The highest BCUT2D eigenvalue weighted by Crippen LogP contribution is 2.23. The van der Waals surface area contributed by atoms with E-state index in [-0.39, 0.29) is 12.3 Å². The maximum Gasteiger partial charge on any atom is 0.216 e. The first-order chi connectivity index (χ1) is 12.4. The summed E-state index contributed by atoms with van der Waals surface area (Å²) in [6.07, 6.45) is 2.52. The highest BCUT2D eigenvalue weighted by atomic mass is 35.5. The van der Waals surface area contributed by atoms with E-state index in [2.05, 4.69) is 21.8 Å². The van der Waals surface area contributed by atoms with E-state index in [0.717, 1.165) is 25.2 Å². The molecule has 0 atom stereocenters. The van der Waals surface area contributed by atoms with Gasteiger partial charge in [0.2, 0.25) is 10.0 Å². The number of hydrogen-bond donors (Lipinski definition) is 1. The van der Waals surface area contributed by atoms with E-state index in [9.17, 15) is 8.42 Å². The molecule has 0 unspecified atom stereocenters. The number of hydrogen-bond acceptors (Lipinski definition) is 3. The van der Waals surface area contributed by atoms with Crippen LogP contribution in [0.5, 0.6) is 0 Å². The van der Waals surface area contributed by atoms with Gasteiger partial charge >= 0.3 is 0 Å². The minimum absolute atomic E-state index is 0.128. The Balaban J connectivity index is 1.59. The molecule has 3 rings (SSSR count). The van der Waals surface area contributed by atoms with Gasteiger partial charge in [0.15, 0.2) is 0 Å². The van der Waals surface area contributed by atoms with Crippen molar-refractivity contribution in [2.24, 2.45) is 0 Å². The second-order valence-corrected chi connectivity index (χ2v) is 9.25. The maximum absolute atomic E-state index is 12.3. The van der Waals surface area contributed by atoms with Crippen molar-refractivity contribution < 1.29 is 8.42 Å². The molecule has 0 radical (unpaired) electrons. The lowest BCUT2D eigenvalue weighted by Crippen LogP contribution is -2.25. The molecule has 0 saturated carbocycles. The van der Waals surface area contributed by atoms with Crippen LogP contribution in [0.4, 0.5) is 0 Å². The smallest absolute Gasteiger partial charge is 0.216 e. The number of sulfonamides is 1. The van der Waals surface area contributed by atoms with Crippen molar-refractivity contribution in [3.8, 4) is 0 Å². The van der Waals surface area contributed by atoms with E-state index in [1.54, 1.807) is 18.2 Å².